The summed E-state index contributed by atoms with van der Waals surface area (Å²) in [7, 11) is 0. The van der Waals surface area contributed by atoms with Crippen molar-refractivity contribution in [1.29, 1.82) is 0 Å². The number of hydrogen-bond acceptors (Lipinski definition) is 6. The average Bonchev–Trinajstić information content (AvgIpc) is 2.95. The number of amidine groups is 1. The van der Waals surface area contributed by atoms with Crippen LogP contribution in [0, 0.1) is 0 Å². The first-order valence-electron chi connectivity index (χ1n) is 7.18. The predicted octanol–water partition coefficient (Wildman–Crippen LogP) is 3.11. The van der Waals surface area contributed by atoms with Gasteiger partial charge in [-0.15, -0.1) is 0 Å². The van der Waals surface area contributed by atoms with Crippen molar-refractivity contribution in [3.63, 3.8) is 0 Å². The summed E-state index contributed by atoms with van der Waals surface area (Å²) < 4.78 is 0. The number of carbonyl (C=O) groups excluding carboxylic acids is 1. The fraction of sp³-hybridized carbons (Fsp3) is 0. The average molecular weight is 333 g/mol. The van der Waals surface area contributed by atoms with Crippen molar-refractivity contribution >= 4 is 45.6 Å². The van der Waals surface area contributed by atoms with E-state index in [1.165, 1.54) is 18.1 Å². The first-order valence-corrected chi connectivity index (χ1v) is 8.00. The summed E-state index contributed by atoms with van der Waals surface area (Å²) >= 11 is 1.29. The Balaban J connectivity index is 1.56. The molecule has 0 aliphatic carbocycles. The van der Waals surface area contributed by atoms with Gasteiger partial charge in [-0.3, -0.25) is 9.78 Å². The molecule has 1 amide bonds. The summed E-state index contributed by atoms with van der Waals surface area (Å²) in [5, 5.41) is 4.54. The summed E-state index contributed by atoms with van der Waals surface area (Å²) in [5.41, 5.74) is 1.86. The van der Waals surface area contributed by atoms with Crippen LogP contribution in [0.1, 0.15) is 5.56 Å². The van der Waals surface area contributed by atoms with Gasteiger partial charge in [0.1, 0.15) is 12.1 Å². The normalized spacial score (nSPS) is 15.8. The number of aromatic nitrogens is 3. The molecule has 0 bridgehead atoms. The number of fused-ring (bicyclic) bond motifs is 1. The maximum absolute atomic E-state index is 12.1. The van der Waals surface area contributed by atoms with Gasteiger partial charge in [0.2, 0.25) is 0 Å². The molecule has 2 aromatic heterocycles. The molecule has 1 aromatic carbocycles. The highest BCUT2D eigenvalue weighted by molar-refractivity contribution is 8.18. The Kier molecular flexibility index (Phi) is 3.76. The minimum Gasteiger partial charge on any atom is -0.319 e. The van der Waals surface area contributed by atoms with Gasteiger partial charge < -0.3 is 5.32 Å². The zero-order chi connectivity index (χ0) is 16.4. The number of hydrogen-bond donors (Lipinski definition) is 1. The summed E-state index contributed by atoms with van der Waals surface area (Å²) in [6, 6.07) is 11.5. The van der Waals surface area contributed by atoms with Gasteiger partial charge in [0.25, 0.3) is 5.91 Å². The van der Waals surface area contributed by atoms with Gasteiger partial charge in [0.15, 0.2) is 5.17 Å². The number of aliphatic imine (C=N–C) groups is 1. The molecule has 116 valence electrons. The van der Waals surface area contributed by atoms with Crippen LogP contribution in [0.3, 0.4) is 0 Å². The molecule has 3 heterocycles. The van der Waals surface area contributed by atoms with Gasteiger partial charge in [-0.05, 0) is 47.7 Å². The first-order chi connectivity index (χ1) is 11.8. The van der Waals surface area contributed by atoms with Crippen LogP contribution >= 0.6 is 11.8 Å². The lowest BCUT2D eigenvalue weighted by molar-refractivity contribution is -0.113. The molecule has 1 aliphatic rings. The molecule has 0 spiro atoms. The Morgan fingerprint density at radius 2 is 2.04 bits per heavy atom. The van der Waals surface area contributed by atoms with E-state index in [-0.39, 0.29) is 5.91 Å². The second kappa shape index (κ2) is 6.21. The van der Waals surface area contributed by atoms with Crippen molar-refractivity contribution in [2.45, 2.75) is 0 Å². The lowest BCUT2D eigenvalue weighted by atomic mass is 10.1. The maximum atomic E-state index is 12.1. The van der Waals surface area contributed by atoms with Gasteiger partial charge in [-0.25, -0.2) is 9.97 Å². The standard InChI is InChI=1S/C17H11N5OS/c23-16-14(24-17(22-16)21-15-5-7-18-10-20-15)9-11-3-4-13-12(8-11)2-1-6-19-13/h1-10H,(H,18,20,21,22,23). The molecule has 0 saturated heterocycles. The summed E-state index contributed by atoms with van der Waals surface area (Å²) in [5.74, 6) is 0.338. The van der Waals surface area contributed by atoms with Crippen molar-refractivity contribution < 1.29 is 4.79 Å². The van der Waals surface area contributed by atoms with Crippen LogP contribution in [0.15, 0.2) is 65.0 Å². The first kappa shape index (κ1) is 14.5. The molecular formula is C17H11N5OS. The number of thioether (sulfide) groups is 1. The number of carbonyl (C=O) groups is 1. The highest BCUT2D eigenvalue weighted by Gasteiger charge is 2.22. The highest BCUT2D eigenvalue weighted by Crippen LogP contribution is 2.29. The molecular weight excluding hydrogens is 322 g/mol. The number of amides is 1. The molecule has 7 heteroatoms. The van der Waals surface area contributed by atoms with E-state index in [9.17, 15) is 4.79 Å². The largest absolute Gasteiger partial charge is 0.319 e. The highest BCUT2D eigenvalue weighted by atomic mass is 32.2. The fourth-order valence-corrected chi connectivity index (χ4v) is 3.09. The molecule has 0 radical (unpaired) electrons. The van der Waals surface area contributed by atoms with Crippen LogP contribution in [0.25, 0.3) is 17.0 Å². The quantitative estimate of drug-likeness (QED) is 0.726. The van der Waals surface area contributed by atoms with Crippen LogP contribution in [-0.2, 0) is 4.79 Å². The molecule has 0 saturated carbocycles. The molecule has 0 atom stereocenters. The number of nitrogens with one attached hydrogen (secondary N) is 1. The number of anilines is 1. The Hall–Kier alpha value is -3.06. The minimum absolute atomic E-state index is 0.261. The van der Waals surface area contributed by atoms with Gasteiger partial charge in [0.05, 0.1) is 10.4 Å². The minimum atomic E-state index is -0.261. The molecule has 0 unspecified atom stereocenters. The second-order valence-electron chi connectivity index (χ2n) is 5.01. The number of rotatable bonds is 2. The van der Waals surface area contributed by atoms with E-state index in [4.69, 9.17) is 0 Å². The van der Waals surface area contributed by atoms with Crippen molar-refractivity contribution in [2.24, 2.45) is 4.99 Å². The van der Waals surface area contributed by atoms with E-state index < -0.39 is 0 Å². The van der Waals surface area contributed by atoms with E-state index in [0.29, 0.717) is 15.9 Å². The molecule has 4 rings (SSSR count). The predicted molar refractivity (Wildman–Crippen MR) is 95.4 cm³/mol. The van der Waals surface area contributed by atoms with Crippen molar-refractivity contribution in [1.82, 2.24) is 15.0 Å². The van der Waals surface area contributed by atoms with E-state index in [1.807, 2.05) is 36.4 Å². The van der Waals surface area contributed by atoms with E-state index in [0.717, 1.165) is 16.5 Å². The summed E-state index contributed by atoms with van der Waals surface area (Å²) in [6.45, 7) is 0. The molecule has 24 heavy (non-hydrogen) atoms. The van der Waals surface area contributed by atoms with Crippen molar-refractivity contribution in [3.05, 3.63) is 65.6 Å². The van der Waals surface area contributed by atoms with Crippen LogP contribution in [-0.4, -0.2) is 26.0 Å². The molecule has 1 aliphatic heterocycles. The third-order valence-corrected chi connectivity index (χ3v) is 4.26. The zero-order valence-corrected chi connectivity index (χ0v) is 13.2. The third-order valence-electron chi connectivity index (χ3n) is 3.36. The molecule has 6 nitrogen and oxygen atoms in total. The van der Waals surface area contributed by atoms with Crippen molar-refractivity contribution in [3.8, 4) is 0 Å². The number of nitrogens with zero attached hydrogens (tertiary/aromatic N) is 4. The Labute approximate surface area is 141 Å². The van der Waals surface area contributed by atoms with Crippen LogP contribution < -0.4 is 5.32 Å². The smallest absolute Gasteiger partial charge is 0.286 e. The van der Waals surface area contributed by atoms with E-state index in [2.05, 4.69) is 25.3 Å². The van der Waals surface area contributed by atoms with Gasteiger partial charge in [0, 0.05) is 17.8 Å². The second-order valence-corrected chi connectivity index (χ2v) is 6.04. The third kappa shape index (κ3) is 3.02. The van der Waals surface area contributed by atoms with Gasteiger partial charge in [-0.1, -0.05) is 12.1 Å². The number of benzene rings is 1. The maximum Gasteiger partial charge on any atom is 0.286 e. The lowest BCUT2D eigenvalue weighted by Crippen LogP contribution is -2.06. The lowest BCUT2D eigenvalue weighted by Gasteiger charge is -2.02. The van der Waals surface area contributed by atoms with Crippen molar-refractivity contribution in [2.75, 3.05) is 5.32 Å². The Bertz CT molecular complexity index is 984. The molecule has 1 N–H and O–H groups in total. The van der Waals surface area contributed by atoms with E-state index >= 15 is 0 Å². The molecule has 3 aromatic rings. The van der Waals surface area contributed by atoms with Gasteiger partial charge in [-0.2, -0.15) is 4.99 Å². The van der Waals surface area contributed by atoms with Gasteiger partial charge >= 0.3 is 0 Å². The van der Waals surface area contributed by atoms with E-state index in [1.54, 1.807) is 18.5 Å². The molecule has 0 fully saturated rings. The number of pyridine rings is 1. The van der Waals surface area contributed by atoms with Crippen LogP contribution in [0.5, 0.6) is 0 Å². The summed E-state index contributed by atoms with van der Waals surface area (Å²) in [6.07, 6.45) is 6.65. The monoisotopic (exact) mass is 333 g/mol. The SMILES string of the molecule is O=C1N=C(Nc2ccncn2)SC1=Cc1ccc2ncccc2c1. The van der Waals surface area contributed by atoms with Crippen LogP contribution in [0.2, 0.25) is 0 Å². The summed E-state index contributed by atoms with van der Waals surface area (Å²) in [4.78, 5) is 28.9. The van der Waals surface area contributed by atoms with Crippen LogP contribution in [0.4, 0.5) is 5.82 Å². The zero-order valence-electron chi connectivity index (χ0n) is 12.4. The topological polar surface area (TPSA) is 80.1 Å². The Morgan fingerprint density at radius 3 is 2.92 bits per heavy atom. The fourth-order valence-electron chi connectivity index (χ4n) is 2.27. The Morgan fingerprint density at radius 1 is 1.08 bits per heavy atom.